The van der Waals surface area contributed by atoms with E-state index in [0.29, 0.717) is 51.3 Å². The van der Waals surface area contributed by atoms with Crippen molar-refractivity contribution in [1.29, 1.82) is 0 Å². The largest absolute Gasteiger partial charge is 0.507 e. The Hall–Kier alpha value is -4.39. The summed E-state index contributed by atoms with van der Waals surface area (Å²) in [6.07, 6.45) is 9.99. The second-order valence-corrected chi connectivity index (χ2v) is 14.7. The maximum Gasteiger partial charge on any atom is 0.336 e. The van der Waals surface area contributed by atoms with Crippen molar-refractivity contribution < 1.29 is 28.8 Å². The highest BCUT2D eigenvalue weighted by Gasteiger charge is 2.44. The molecular formula is C38H42O7. The summed E-state index contributed by atoms with van der Waals surface area (Å²) >= 11 is 0. The molecule has 0 saturated heterocycles. The Morgan fingerprint density at radius 2 is 1.56 bits per heavy atom. The molecule has 236 valence electrons. The van der Waals surface area contributed by atoms with E-state index in [-0.39, 0.29) is 29.6 Å². The standard InChI is InChI=1S/C38H42O7/c1-11-35(3,4)27-31-23(29(40)22-15-16-37(7,8)44-33(22)27)17-20(19-42-31)24-18-38(9,10)45-34-26(24)30(41)21-13-14-25(39)43-32(21)28(34)36(5,6)12-2/h11-17,24,40-41H,1-2,18-19H2,3-10H3/t24-/m1/s1. The summed E-state index contributed by atoms with van der Waals surface area (Å²) in [5.74, 6) is 1.31. The van der Waals surface area contributed by atoms with Crippen LogP contribution in [0.3, 0.4) is 0 Å². The molecule has 0 aliphatic carbocycles. The van der Waals surface area contributed by atoms with E-state index < -0.39 is 27.7 Å². The minimum Gasteiger partial charge on any atom is -0.507 e. The highest BCUT2D eigenvalue weighted by Crippen LogP contribution is 2.58. The van der Waals surface area contributed by atoms with E-state index in [4.69, 9.17) is 18.6 Å². The normalized spacial score (nSPS) is 19.6. The number of benzene rings is 2. The first-order valence-corrected chi connectivity index (χ1v) is 15.4. The summed E-state index contributed by atoms with van der Waals surface area (Å²) in [5.41, 5.74) is 1.39. The molecule has 0 bridgehead atoms. The third-order valence-electron chi connectivity index (χ3n) is 9.40. The zero-order valence-corrected chi connectivity index (χ0v) is 27.4. The highest BCUT2D eigenvalue weighted by molar-refractivity contribution is 5.92. The number of aromatic hydroxyl groups is 2. The maximum absolute atomic E-state index is 12.4. The molecule has 0 radical (unpaired) electrons. The number of phenols is 2. The summed E-state index contributed by atoms with van der Waals surface area (Å²) < 4.78 is 25.4. The number of phenolic OH excluding ortho intramolecular Hbond substituents is 2. The quantitative estimate of drug-likeness (QED) is 0.221. The van der Waals surface area contributed by atoms with Gasteiger partial charge in [0.1, 0.15) is 52.1 Å². The van der Waals surface area contributed by atoms with Gasteiger partial charge in [-0.05, 0) is 64.0 Å². The SMILES string of the molecule is C=CC(C)(C)c1c2c(c(O)c3c1OC(C)(C)C=C3)C=C([C@H]1CC(C)(C)Oc3c1c(O)c1ccc(=O)oc1c3C(C)(C)C=C)CO2. The summed E-state index contributed by atoms with van der Waals surface area (Å²) in [4.78, 5) is 12.4. The van der Waals surface area contributed by atoms with E-state index >= 15 is 0 Å². The van der Waals surface area contributed by atoms with E-state index in [1.54, 1.807) is 12.1 Å². The van der Waals surface area contributed by atoms with Crippen LogP contribution < -0.4 is 19.8 Å². The van der Waals surface area contributed by atoms with Gasteiger partial charge in [-0.1, -0.05) is 39.8 Å². The molecule has 2 N–H and O–H groups in total. The minimum atomic E-state index is -0.669. The second kappa shape index (κ2) is 9.80. The van der Waals surface area contributed by atoms with Gasteiger partial charge in [-0.3, -0.25) is 0 Å². The van der Waals surface area contributed by atoms with Gasteiger partial charge in [0, 0.05) is 39.5 Å². The molecule has 1 atom stereocenters. The predicted octanol–water partition coefficient (Wildman–Crippen LogP) is 8.44. The Morgan fingerprint density at radius 3 is 2.22 bits per heavy atom. The summed E-state index contributed by atoms with van der Waals surface area (Å²) in [7, 11) is 0. The first-order valence-electron chi connectivity index (χ1n) is 15.4. The molecule has 6 rings (SSSR count). The van der Waals surface area contributed by atoms with Gasteiger partial charge in [0.05, 0.1) is 16.5 Å². The van der Waals surface area contributed by atoms with Crippen LogP contribution in [-0.2, 0) is 10.8 Å². The number of fused-ring (bicyclic) bond motifs is 4. The third-order valence-corrected chi connectivity index (χ3v) is 9.40. The average Bonchev–Trinajstić information content (AvgIpc) is 2.95. The van der Waals surface area contributed by atoms with Crippen LogP contribution >= 0.6 is 0 Å². The first-order chi connectivity index (χ1) is 20.9. The lowest BCUT2D eigenvalue weighted by molar-refractivity contribution is 0.0724. The topological polar surface area (TPSA) is 98.4 Å². The van der Waals surface area contributed by atoms with Crippen LogP contribution in [0.15, 0.2) is 58.3 Å². The van der Waals surface area contributed by atoms with Crippen molar-refractivity contribution in [2.45, 2.75) is 89.8 Å². The van der Waals surface area contributed by atoms with Gasteiger partial charge < -0.3 is 28.8 Å². The molecule has 45 heavy (non-hydrogen) atoms. The van der Waals surface area contributed by atoms with Crippen molar-refractivity contribution >= 4 is 23.1 Å². The van der Waals surface area contributed by atoms with E-state index in [1.165, 1.54) is 6.07 Å². The lowest BCUT2D eigenvalue weighted by atomic mass is 9.73. The Morgan fingerprint density at radius 1 is 0.889 bits per heavy atom. The molecule has 0 spiro atoms. The second-order valence-electron chi connectivity index (χ2n) is 14.7. The van der Waals surface area contributed by atoms with Crippen molar-refractivity contribution in [2.24, 2.45) is 0 Å². The van der Waals surface area contributed by atoms with Gasteiger partial charge in [-0.15, -0.1) is 13.2 Å². The Kier molecular flexibility index (Phi) is 6.67. The molecule has 3 aromatic rings. The molecule has 3 aliphatic heterocycles. The van der Waals surface area contributed by atoms with Crippen molar-refractivity contribution in [3.05, 3.63) is 87.3 Å². The van der Waals surface area contributed by atoms with Gasteiger partial charge in [0.25, 0.3) is 0 Å². The molecule has 0 fully saturated rings. The van der Waals surface area contributed by atoms with Crippen LogP contribution in [0.25, 0.3) is 23.1 Å². The molecular weight excluding hydrogens is 568 g/mol. The van der Waals surface area contributed by atoms with E-state index in [0.717, 1.165) is 11.1 Å². The van der Waals surface area contributed by atoms with Crippen molar-refractivity contribution in [2.75, 3.05) is 6.61 Å². The lowest BCUT2D eigenvalue weighted by Crippen LogP contribution is -2.38. The average molecular weight is 611 g/mol. The number of rotatable bonds is 5. The zero-order chi connectivity index (χ0) is 32.9. The predicted molar refractivity (Wildman–Crippen MR) is 178 cm³/mol. The van der Waals surface area contributed by atoms with Gasteiger partial charge in [-0.2, -0.15) is 0 Å². The van der Waals surface area contributed by atoms with E-state index in [1.807, 2.05) is 79.7 Å². The van der Waals surface area contributed by atoms with E-state index in [9.17, 15) is 15.0 Å². The number of hydrogen-bond acceptors (Lipinski definition) is 7. The van der Waals surface area contributed by atoms with Crippen LogP contribution in [0.2, 0.25) is 0 Å². The molecule has 0 amide bonds. The summed E-state index contributed by atoms with van der Waals surface area (Å²) in [5, 5.41) is 24.0. The van der Waals surface area contributed by atoms with Gasteiger partial charge in [-0.25, -0.2) is 4.79 Å². The fourth-order valence-electron chi connectivity index (χ4n) is 6.75. The Balaban J connectivity index is 1.65. The molecule has 3 aliphatic rings. The van der Waals surface area contributed by atoms with Crippen LogP contribution in [0.4, 0.5) is 0 Å². The smallest absolute Gasteiger partial charge is 0.336 e. The molecule has 1 aromatic heterocycles. The number of ether oxygens (including phenoxy) is 3. The van der Waals surface area contributed by atoms with Gasteiger partial charge in [0.2, 0.25) is 0 Å². The lowest BCUT2D eigenvalue weighted by Gasteiger charge is -2.42. The molecule has 2 aromatic carbocycles. The Bertz CT molecular complexity index is 1910. The monoisotopic (exact) mass is 610 g/mol. The number of hydrogen-bond donors (Lipinski definition) is 2. The Labute approximate surface area is 264 Å². The fraction of sp³-hybridized carbons (Fsp3) is 0.395. The minimum absolute atomic E-state index is 0.0127. The van der Waals surface area contributed by atoms with Crippen molar-refractivity contribution in [3.8, 4) is 28.7 Å². The number of allylic oxidation sites excluding steroid dienone is 2. The van der Waals surface area contributed by atoms with Crippen LogP contribution in [0, 0.1) is 0 Å². The summed E-state index contributed by atoms with van der Waals surface area (Å²) in [6, 6.07) is 2.90. The third kappa shape index (κ3) is 4.75. The highest BCUT2D eigenvalue weighted by atomic mass is 16.5. The van der Waals surface area contributed by atoms with Crippen LogP contribution in [0.1, 0.15) is 95.5 Å². The van der Waals surface area contributed by atoms with Crippen LogP contribution in [0.5, 0.6) is 28.7 Å². The molecule has 0 saturated carbocycles. The molecule has 7 nitrogen and oxygen atoms in total. The van der Waals surface area contributed by atoms with Crippen molar-refractivity contribution in [1.82, 2.24) is 0 Å². The van der Waals surface area contributed by atoms with E-state index in [2.05, 4.69) is 13.2 Å². The molecule has 0 unspecified atom stereocenters. The molecule has 7 heteroatoms. The zero-order valence-electron chi connectivity index (χ0n) is 27.4. The molecule has 4 heterocycles. The first kappa shape index (κ1) is 30.6. The fourth-order valence-corrected chi connectivity index (χ4v) is 6.75. The van der Waals surface area contributed by atoms with Gasteiger partial charge >= 0.3 is 5.63 Å². The van der Waals surface area contributed by atoms with Crippen molar-refractivity contribution in [3.63, 3.8) is 0 Å². The van der Waals surface area contributed by atoms with Gasteiger partial charge in [0.15, 0.2) is 0 Å². The maximum atomic E-state index is 12.4. The summed E-state index contributed by atoms with van der Waals surface area (Å²) in [6.45, 7) is 24.3. The van der Waals surface area contributed by atoms with Crippen LogP contribution in [-0.4, -0.2) is 28.0 Å².